The summed E-state index contributed by atoms with van der Waals surface area (Å²) >= 11 is 0. The van der Waals surface area contributed by atoms with E-state index in [9.17, 15) is 15.0 Å². The van der Waals surface area contributed by atoms with E-state index in [1.807, 2.05) is 0 Å². The molecule has 1 aliphatic rings. The van der Waals surface area contributed by atoms with Crippen LogP contribution >= 0.6 is 0 Å². The van der Waals surface area contributed by atoms with E-state index in [0.717, 1.165) is 32.1 Å². The molecule has 1 aliphatic carbocycles. The van der Waals surface area contributed by atoms with Crippen molar-refractivity contribution in [1.29, 1.82) is 0 Å². The number of carboxylic acids is 1. The molecule has 2 atom stereocenters. The van der Waals surface area contributed by atoms with Gasteiger partial charge >= 0.3 is 5.97 Å². The van der Waals surface area contributed by atoms with E-state index >= 15 is 0 Å². The predicted octanol–water partition coefficient (Wildman–Crippen LogP) is 3.06. The number of carbonyl (C=O) groups is 1. The van der Waals surface area contributed by atoms with Crippen LogP contribution in [0.2, 0.25) is 0 Å². The molecule has 2 N–H and O–H groups in total. The van der Waals surface area contributed by atoms with Gasteiger partial charge in [0.1, 0.15) is 0 Å². The van der Waals surface area contributed by atoms with Crippen molar-refractivity contribution in [3.8, 4) is 0 Å². The smallest absolute Gasteiger partial charge is 0.336 e. The van der Waals surface area contributed by atoms with Crippen LogP contribution in [-0.4, -0.2) is 21.8 Å². The van der Waals surface area contributed by atoms with Crippen molar-refractivity contribution in [3.63, 3.8) is 0 Å². The Labute approximate surface area is 104 Å². The molecule has 3 heteroatoms. The molecule has 0 bridgehead atoms. The number of aliphatic carboxylic acids is 1. The molecule has 0 aromatic rings. The molecular formula is C14H26O3. The average molecular weight is 242 g/mol. The molecule has 1 saturated carbocycles. The van der Waals surface area contributed by atoms with Crippen LogP contribution in [-0.2, 0) is 4.79 Å². The van der Waals surface area contributed by atoms with Gasteiger partial charge in [0.25, 0.3) is 0 Å². The molecule has 3 nitrogen and oxygen atoms in total. The lowest BCUT2D eigenvalue weighted by Gasteiger charge is -2.35. The van der Waals surface area contributed by atoms with E-state index in [0.29, 0.717) is 0 Å². The van der Waals surface area contributed by atoms with Crippen LogP contribution in [0.3, 0.4) is 0 Å². The number of hydrogen-bond donors (Lipinski definition) is 2. The minimum absolute atomic E-state index is 0.109. The highest BCUT2D eigenvalue weighted by Gasteiger charge is 2.47. The van der Waals surface area contributed by atoms with Gasteiger partial charge in [-0.05, 0) is 42.9 Å². The highest BCUT2D eigenvalue weighted by Crippen LogP contribution is 2.42. The van der Waals surface area contributed by atoms with Crippen LogP contribution in [0.5, 0.6) is 0 Å². The normalized spacial score (nSPS) is 28.5. The summed E-state index contributed by atoms with van der Waals surface area (Å²) in [5.41, 5.74) is -1.27. The Balaban J connectivity index is 2.87. The third-order valence-corrected chi connectivity index (χ3v) is 4.42. The van der Waals surface area contributed by atoms with E-state index in [-0.39, 0.29) is 17.3 Å². The standard InChI is InChI=1S/C14H26O3/c1-10(2)14(17,12(15)16)11-6-5-8-13(3,4)9-7-11/h10-11,17H,5-9H2,1-4H3,(H,15,16). The molecule has 100 valence electrons. The first-order valence-corrected chi connectivity index (χ1v) is 6.66. The molecule has 0 saturated heterocycles. The van der Waals surface area contributed by atoms with Gasteiger partial charge in [-0.15, -0.1) is 0 Å². The maximum atomic E-state index is 11.4. The number of rotatable bonds is 3. The second kappa shape index (κ2) is 4.97. The van der Waals surface area contributed by atoms with Crippen LogP contribution in [0.4, 0.5) is 0 Å². The minimum atomic E-state index is -1.56. The summed E-state index contributed by atoms with van der Waals surface area (Å²) in [4.78, 5) is 11.4. The highest BCUT2D eigenvalue weighted by molar-refractivity contribution is 5.78. The number of carboxylic acid groups (broad SMARTS) is 1. The fourth-order valence-corrected chi connectivity index (χ4v) is 2.99. The molecule has 1 fully saturated rings. The SMILES string of the molecule is CC(C)C(O)(C(=O)O)C1CCCC(C)(C)CC1. The Morgan fingerprint density at radius 1 is 1.29 bits per heavy atom. The summed E-state index contributed by atoms with van der Waals surface area (Å²) in [6, 6.07) is 0. The van der Waals surface area contributed by atoms with Gasteiger partial charge in [-0.2, -0.15) is 0 Å². The van der Waals surface area contributed by atoms with Gasteiger partial charge in [0.05, 0.1) is 0 Å². The molecule has 17 heavy (non-hydrogen) atoms. The molecule has 0 amide bonds. The Morgan fingerprint density at radius 2 is 1.88 bits per heavy atom. The third kappa shape index (κ3) is 3.01. The van der Waals surface area contributed by atoms with Gasteiger partial charge in [0.2, 0.25) is 0 Å². The molecule has 1 rings (SSSR count). The van der Waals surface area contributed by atoms with E-state index in [2.05, 4.69) is 13.8 Å². The van der Waals surface area contributed by atoms with Crippen LogP contribution in [0, 0.1) is 17.3 Å². The zero-order chi connectivity index (χ0) is 13.3. The van der Waals surface area contributed by atoms with Crippen molar-refractivity contribution in [1.82, 2.24) is 0 Å². The maximum absolute atomic E-state index is 11.4. The molecule has 0 aliphatic heterocycles. The maximum Gasteiger partial charge on any atom is 0.336 e. The highest BCUT2D eigenvalue weighted by atomic mass is 16.4. The predicted molar refractivity (Wildman–Crippen MR) is 67.8 cm³/mol. The molecule has 0 aromatic heterocycles. The Hall–Kier alpha value is -0.570. The lowest BCUT2D eigenvalue weighted by Crippen LogP contribution is -2.50. The fraction of sp³-hybridized carbons (Fsp3) is 0.929. The zero-order valence-corrected chi connectivity index (χ0v) is 11.5. The van der Waals surface area contributed by atoms with Crippen molar-refractivity contribution in [2.75, 3.05) is 0 Å². The van der Waals surface area contributed by atoms with E-state index in [1.165, 1.54) is 0 Å². The molecule has 0 aromatic carbocycles. The lowest BCUT2D eigenvalue weighted by atomic mass is 9.74. The average Bonchev–Trinajstić information content (AvgIpc) is 2.37. The van der Waals surface area contributed by atoms with Gasteiger partial charge in [-0.1, -0.05) is 34.1 Å². The third-order valence-electron chi connectivity index (χ3n) is 4.42. The minimum Gasteiger partial charge on any atom is -0.479 e. The first kappa shape index (κ1) is 14.5. The van der Waals surface area contributed by atoms with Gasteiger partial charge < -0.3 is 10.2 Å². The van der Waals surface area contributed by atoms with Crippen molar-refractivity contribution in [3.05, 3.63) is 0 Å². The lowest BCUT2D eigenvalue weighted by molar-refractivity contribution is -0.172. The summed E-state index contributed by atoms with van der Waals surface area (Å²) in [5.74, 6) is -1.41. The van der Waals surface area contributed by atoms with Crippen LogP contribution < -0.4 is 0 Å². The van der Waals surface area contributed by atoms with Crippen molar-refractivity contribution in [2.24, 2.45) is 17.3 Å². The first-order chi connectivity index (χ1) is 7.70. The molecule has 2 unspecified atom stereocenters. The van der Waals surface area contributed by atoms with Crippen molar-refractivity contribution in [2.45, 2.75) is 65.4 Å². The van der Waals surface area contributed by atoms with Crippen molar-refractivity contribution >= 4 is 5.97 Å². The summed E-state index contributed by atoms with van der Waals surface area (Å²) in [7, 11) is 0. The van der Waals surface area contributed by atoms with Gasteiger partial charge in [0, 0.05) is 0 Å². The van der Waals surface area contributed by atoms with Gasteiger partial charge in [-0.25, -0.2) is 4.79 Å². The van der Waals surface area contributed by atoms with E-state index in [1.54, 1.807) is 13.8 Å². The molecule has 0 spiro atoms. The molecule has 0 radical (unpaired) electrons. The summed E-state index contributed by atoms with van der Waals surface area (Å²) in [6.45, 7) is 8.05. The largest absolute Gasteiger partial charge is 0.479 e. The number of aliphatic hydroxyl groups is 1. The van der Waals surface area contributed by atoms with Crippen LogP contribution in [0.15, 0.2) is 0 Å². The fourth-order valence-electron chi connectivity index (χ4n) is 2.99. The number of hydrogen-bond acceptors (Lipinski definition) is 2. The summed E-state index contributed by atoms with van der Waals surface area (Å²) < 4.78 is 0. The molecule has 0 heterocycles. The van der Waals surface area contributed by atoms with E-state index in [4.69, 9.17) is 0 Å². The van der Waals surface area contributed by atoms with E-state index < -0.39 is 11.6 Å². The van der Waals surface area contributed by atoms with Crippen molar-refractivity contribution < 1.29 is 15.0 Å². The van der Waals surface area contributed by atoms with Gasteiger partial charge in [0.15, 0.2) is 5.60 Å². The Morgan fingerprint density at radius 3 is 2.35 bits per heavy atom. The Kier molecular flexibility index (Phi) is 4.23. The second-order valence-electron chi connectivity index (χ2n) is 6.58. The summed E-state index contributed by atoms with van der Waals surface area (Å²) in [6.07, 6.45) is 4.77. The van der Waals surface area contributed by atoms with Gasteiger partial charge in [-0.3, -0.25) is 0 Å². The van der Waals surface area contributed by atoms with Crippen LogP contribution in [0.25, 0.3) is 0 Å². The first-order valence-electron chi connectivity index (χ1n) is 6.66. The second-order valence-corrected chi connectivity index (χ2v) is 6.58. The summed E-state index contributed by atoms with van der Waals surface area (Å²) in [5, 5.41) is 19.8. The topological polar surface area (TPSA) is 57.5 Å². The molecular weight excluding hydrogens is 216 g/mol. The monoisotopic (exact) mass is 242 g/mol. The zero-order valence-electron chi connectivity index (χ0n) is 11.5. The Bertz CT molecular complexity index is 283. The van der Waals surface area contributed by atoms with Crippen LogP contribution in [0.1, 0.15) is 59.8 Å². The quantitative estimate of drug-likeness (QED) is 0.748.